The number of rotatable bonds is 8. The number of hydrogen-bond donors (Lipinski definition) is 1. The minimum atomic E-state index is -0.196. The molecule has 3 aromatic rings. The van der Waals surface area contributed by atoms with E-state index in [2.05, 4.69) is 15.4 Å². The van der Waals surface area contributed by atoms with E-state index in [1.165, 1.54) is 11.8 Å². The largest absolute Gasteiger partial charge is 0.495 e. The minimum absolute atomic E-state index is 0.119. The molecule has 9 heteroatoms. The van der Waals surface area contributed by atoms with Crippen molar-refractivity contribution in [2.75, 3.05) is 18.2 Å². The third-order valence-electron chi connectivity index (χ3n) is 4.44. The Hall–Kier alpha value is -2.81. The first-order valence-corrected chi connectivity index (χ1v) is 10.5. The first-order valence-electron chi connectivity index (χ1n) is 9.53. The fourth-order valence-corrected chi connectivity index (χ4v) is 3.93. The van der Waals surface area contributed by atoms with Gasteiger partial charge in [-0.15, -0.1) is 0 Å². The highest BCUT2D eigenvalue weighted by molar-refractivity contribution is 7.99. The van der Waals surface area contributed by atoms with Crippen LogP contribution in [0, 0.1) is 6.92 Å². The lowest BCUT2D eigenvalue weighted by Gasteiger charge is -2.12. The number of hydrogen-bond acceptors (Lipinski definition) is 6. The summed E-state index contributed by atoms with van der Waals surface area (Å²) in [7, 11) is 1.56. The van der Waals surface area contributed by atoms with Crippen LogP contribution in [0.2, 0.25) is 0 Å². The van der Waals surface area contributed by atoms with E-state index in [0.29, 0.717) is 46.4 Å². The van der Waals surface area contributed by atoms with Crippen molar-refractivity contribution in [2.45, 2.75) is 45.4 Å². The Labute approximate surface area is 173 Å². The molecule has 0 unspecified atom stereocenters. The second-order valence-electron chi connectivity index (χ2n) is 6.49. The highest BCUT2D eigenvalue weighted by Crippen LogP contribution is 2.24. The summed E-state index contributed by atoms with van der Waals surface area (Å²) in [5.41, 5.74) is 2.31. The van der Waals surface area contributed by atoms with E-state index >= 15 is 0 Å². The van der Waals surface area contributed by atoms with Gasteiger partial charge in [0.2, 0.25) is 5.91 Å². The average Bonchev–Trinajstić information content (AvgIpc) is 3.05. The number of nitrogens with one attached hydrogen (secondary N) is 1. The third kappa shape index (κ3) is 4.29. The van der Waals surface area contributed by atoms with Gasteiger partial charge >= 0.3 is 0 Å². The Bertz CT molecular complexity index is 1090. The van der Waals surface area contributed by atoms with Crippen LogP contribution in [0.5, 0.6) is 5.75 Å². The quantitative estimate of drug-likeness (QED) is 0.449. The van der Waals surface area contributed by atoms with E-state index in [9.17, 15) is 9.59 Å². The number of amides is 1. The van der Waals surface area contributed by atoms with E-state index in [1.54, 1.807) is 28.5 Å². The van der Waals surface area contributed by atoms with E-state index in [0.717, 1.165) is 6.42 Å². The van der Waals surface area contributed by atoms with Crippen LogP contribution >= 0.6 is 11.8 Å². The average molecular weight is 416 g/mol. The van der Waals surface area contributed by atoms with E-state index in [1.807, 2.05) is 32.9 Å². The third-order valence-corrected chi connectivity index (χ3v) is 5.42. The predicted octanol–water partition coefficient (Wildman–Crippen LogP) is 3.07. The molecule has 8 nitrogen and oxygen atoms in total. The van der Waals surface area contributed by atoms with Crippen molar-refractivity contribution in [1.29, 1.82) is 0 Å². The minimum Gasteiger partial charge on any atom is -0.495 e. The topological polar surface area (TPSA) is 91.0 Å². The van der Waals surface area contributed by atoms with Gasteiger partial charge in [0.15, 0.2) is 10.7 Å². The number of ether oxygens (including phenoxy) is 1. The van der Waals surface area contributed by atoms with Crippen LogP contribution in [0.1, 0.15) is 26.0 Å². The molecule has 0 fully saturated rings. The Morgan fingerprint density at radius 3 is 2.72 bits per heavy atom. The lowest BCUT2D eigenvalue weighted by molar-refractivity contribution is -0.113. The van der Waals surface area contributed by atoms with Gasteiger partial charge in [-0.2, -0.15) is 5.10 Å². The van der Waals surface area contributed by atoms with Gasteiger partial charge in [-0.05, 0) is 32.4 Å². The molecule has 1 aromatic carbocycles. The zero-order chi connectivity index (χ0) is 21.0. The maximum absolute atomic E-state index is 13.1. The van der Waals surface area contributed by atoms with Crippen LogP contribution in [0.3, 0.4) is 0 Å². The molecule has 2 heterocycles. The van der Waals surface area contributed by atoms with Gasteiger partial charge in [0.05, 0.1) is 24.2 Å². The second-order valence-corrected chi connectivity index (χ2v) is 7.43. The zero-order valence-electron chi connectivity index (χ0n) is 17.1. The molecule has 0 saturated carbocycles. The van der Waals surface area contributed by atoms with Crippen molar-refractivity contribution in [3.05, 3.63) is 40.3 Å². The Morgan fingerprint density at radius 1 is 1.28 bits per heavy atom. The number of anilines is 1. The van der Waals surface area contributed by atoms with Gasteiger partial charge < -0.3 is 10.1 Å². The number of methoxy groups -OCH3 is 1. The number of para-hydroxylation sites is 2. The van der Waals surface area contributed by atoms with Gasteiger partial charge in [-0.25, -0.2) is 4.98 Å². The molecule has 0 aliphatic carbocycles. The van der Waals surface area contributed by atoms with Gasteiger partial charge in [-0.3, -0.25) is 18.8 Å². The van der Waals surface area contributed by atoms with Crippen molar-refractivity contribution >= 4 is 34.4 Å². The fourth-order valence-electron chi connectivity index (χ4n) is 3.11. The van der Waals surface area contributed by atoms with Crippen LogP contribution < -0.4 is 15.6 Å². The lowest BCUT2D eigenvalue weighted by atomic mass is 10.3. The van der Waals surface area contributed by atoms with Crippen molar-refractivity contribution < 1.29 is 9.53 Å². The van der Waals surface area contributed by atoms with Crippen LogP contribution in [0.25, 0.3) is 11.0 Å². The fraction of sp³-hybridized carbons (Fsp3) is 0.400. The van der Waals surface area contributed by atoms with Crippen molar-refractivity contribution in [3.63, 3.8) is 0 Å². The van der Waals surface area contributed by atoms with Crippen LogP contribution in [0.15, 0.2) is 34.2 Å². The summed E-state index contributed by atoms with van der Waals surface area (Å²) in [6.07, 6.45) is 0.785. The number of fused-ring (bicyclic) bond motifs is 1. The number of thioether (sulfide) groups is 1. The van der Waals surface area contributed by atoms with Crippen LogP contribution in [0.4, 0.5) is 5.69 Å². The highest BCUT2D eigenvalue weighted by atomic mass is 32.2. The summed E-state index contributed by atoms with van der Waals surface area (Å²) >= 11 is 1.24. The Balaban J connectivity index is 1.87. The van der Waals surface area contributed by atoms with E-state index in [4.69, 9.17) is 4.74 Å². The maximum atomic E-state index is 13.1. The molecular weight excluding hydrogens is 390 g/mol. The van der Waals surface area contributed by atoms with Crippen molar-refractivity contribution in [1.82, 2.24) is 19.3 Å². The summed E-state index contributed by atoms with van der Waals surface area (Å²) in [6, 6.07) is 7.23. The molecule has 0 radical (unpaired) electrons. The SMILES string of the molecule is CCCn1c(SCC(=O)Nc2ccccc2OC)nc2c(C)nn(CC)c2c1=O. The Morgan fingerprint density at radius 2 is 2.03 bits per heavy atom. The second kappa shape index (κ2) is 9.13. The molecule has 29 heavy (non-hydrogen) atoms. The number of aromatic nitrogens is 4. The number of aryl methyl sites for hydroxylation is 2. The van der Waals surface area contributed by atoms with Crippen molar-refractivity contribution in [3.8, 4) is 5.75 Å². The summed E-state index contributed by atoms with van der Waals surface area (Å²) in [6.45, 7) is 6.92. The first-order chi connectivity index (χ1) is 14.0. The number of benzene rings is 1. The smallest absolute Gasteiger partial charge is 0.280 e. The standard InChI is InChI=1S/C20H25N5O3S/c1-5-11-24-19(27)18-17(13(3)23-25(18)6-2)22-20(24)29-12-16(26)21-14-9-7-8-10-15(14)28-4/h7-10H,5-6,11-12H2,1-4H3,(H,21,26). The summed E-state index contributed by atoms with van der Waals surface area (Å²) in [5, 5.41) is 7.79. The van der Waals surface area contributed by atoms with Gasteiger partial charge in [-0.1, -0.05) is 30.8 Å². The monoisotopic (exact) mass is 415 g/mol. The number of carbonyl (C=O) groups excluding carboxylic acids is 1. The Kier molecular flexibility index (Phi) is 6.58. The molecule has 0 spiro atoms. The molecule has 154 valence electrons. The summed E-state index contributed by atoms with van der Waals surface area (Å²) in [4.78, 5) is 30.2. The number of carbonyl (C=O) groups is 1. The summed E-state index contributed by atoms with van der Waals surface area (Å²) < 4.78 is 8.59. The molecule has 0 aliphatic heterocycles. The molecule has 1 amide bonds. The molecule has 2 aromatic heterocycles. The van der Waals surface area contributed by atoms with Crippen molar-refractivity contribution in [2.24, 2.45) is 0 Å². The molecule has 3 rings (SSSR count). The lowest BCUT2D eigenvalue weighted by Crippen LogP contribution is -2.25. The molecule has 0 atom stereocenters. The first kappa shape index (κ1) is 20.9. The maximum Gasteiger partial charge on any atom is 0.280 e. The zero-order valence-corrected chi connectivity index (χ0v) is 17.9. The van der Waals surface area contributed by atoms with Crippen LogP contribution in [-0.4, -0.2) is 38.1 Å². The molecular formula is C20H25N5O3S. The van der Waals surface area contributed by atoms with Crippen LogP contribution in [-0.2, 0) is 17.9 Å². The molecule has 1 N–H and O–H groups in total. The van der Waals surface area contributed by atoms with E-state index in [-0.39, 0.29) is 17.2 Å². The molecule has 0 aliphatic rings. The summed E-state index contributed by atoms with van der Waals surface area (Å²) in [5.74, 6) is 0.523. The van der Waals surface area contributed by atoms with Gasteiger partial charge in [0.1, 0.15) is 11.3 Å². The molecule has 0 saturated heterocycles. The predicted molar refractivity (Wildman–Crippen MR) is 115 cm³/mol. The van der Waals surface area contributed by atoms with Gasteiger partial charge in [0, 0.05) is 13.1 Å². The number of nitrogens with zero attached hydrogens (tertiary/aromatic N) is 4. The normalized spacial score (nSPS) is 11.0. The van der Waals surface area contributed by atoms with Gasteiger partial charge in [0.25, 0.3) is 5.56 Å². The molecule has 0 bridgehead atoms. The van der Waals surface area contributed by atoms with E-state index < -0.39 is 0 Å². The highest BCUT2D eigenvalue weighted by Gasteiger charge is 2.18.